The van der Waals surface area contributed by atoms with Crippen LogP contribution in [-0.2, 0) is 0 Å². The van der Waals surface area contributed by atoms with E-state index >= 15 is 0 Å². The van der Waals surface area contributed by atoms with Gasteiger partial charge < -0.3 is 16.5 Å². The van der Waals surface area contributed by atoms with Crippen molar-refractivity contribution in [1.82, 2.24) is 9.97 Å². The van der Waals surface area contributed by atoms with Crippen molar-refractivity contribution in [3.05, 3.63) is 64.9 Å². The van der Waals surface area contributed by atoms with Crippen molar-refractivity contribution in [2.75, 3.05) is 0 Å². The number of aromatic nitrogens is 2. The van der Waals surface area contributed by atoms with Crippen LogP contribution < -0.4 is 11.5 Å². The number of allylic oxidation sites excluding steroid dienone is 1. The number of aromatic amines is 1. The first-order valence-corrected chi connectivity index (χ1v) is 10.9. The smallest absolute Gasteiger partial charge is 0.124 e. The quantitative estimate of drug-likeness (QED) is 0.624. The number of benzene rings is 1. The molecule has 0 spiro atoms. The Morgan fingerprint density at radius 2 is 1.41 bits per heavy atom. The first kappa shape index (κ1) is 23.5. The Morgan fingerprint density at radius 1 is 0.844 bits per heavy atom. The van der Waals surface area contributed by atoms with Gasteiger partial charge in [0.1, 0.15) is 11.5 Å². The Hall–Kier alpha value is -3.12. The molecular formula is C27H33N5. The van der Waals surface area contributed by atoms with E-state index in [1.165, 1.54) is 0 Å². The molecule has 0 aliphatic carbocycles. The summed E-state index contributed by atoms with van der Waals surface area (Å²) in [5, 5.41) is 0. The SMILES string of the molecule is CC(C)(C)[C@H](N)C1=NC=C(C#Cc2ccc(C#Cc3cnc([C@@H](N)C(C)(C)C)[nH]3)cc2)C1. The number of H-pyrrole nitrogens is 1. The minimum atomic E-state index is -0.170. The number of hydrogen-bond donors (Lipinski definition) is 3. The van der Waals surface area contributed by atoms with Crippen molar-refractivity contribution in [2.24, 2.45) is 27.3 Å². The van der Waals surface area contributed by atoms with Gasteiger partial charge in [-0.05, 0) is 41.0 Å². The average molecular weight is 428 g/mol. The second-order valence-corrected chi connectivity index (χ2v) is 10.4. The van der Waals surface area contributed by atoms with Gasteiger partial charge in [0.05, 0.1) is 12.2 Å². The van der Waals surface area contributed by atoms with Crippen LogP contribution in [-0.4, -0.2) is 21.7 Å². The molecule has 0 amide bonds. The summed E-state index contributed by atoms with van der Waals surface area (Å²) < 4.78 is 0. The lowest BCUT2D eigenvalue weighted by molar-refractivity contribution is 0.316. The highest BCUT2D eigenvalue weighted by molar-refractivity contribution is 5.95. The minimum Gasteiger partial charge on any atom is -0.334 e. The van der Waals surface area contributed by atoms with Crippen LogP contribution in [0.1, 0.15) is 76.7 Å². The standard InChI is InChI=1S/C27H33N5/c1-26(2,3)23(28)22-15-20(16-30-22)12-11-18-7-9-19(10-8-18)13-14-21-17-31-25(32-21)24(29)27(4,5)6/h7-10,16-17,23-24H,15,28-29H2,1-6H3,(H,31,32)/t23-,24-/m1/s1. The molecule has 5 heteroatoms. The summed E-state index contributed by atoms with van der Waals surface area (Å²) in [4.78, 5) is 12.1. The van der Waals surface area contributed by atoms with Crippen molar-refractivity contribution >= 4 is 5.71 Å². The summed E-state index contributed by atoms with van der Waals surface area (Å²) in [5.41, 5.74) is 17.1. The van der Waals surface area contributed by atoms with Gasteiger partial charge >= 0.3 is 0 Å². The molecule has 1 aliphatic rings. The number of nitrogens with two attached hydrogens (primary N) is 2. The predicted octanol–water partition coefficient (Wildman–Crippen LogP) is 4.31. The highest BCUT2D eigenvalue weighted by Gasteiger charge is 2.27. The first-order chi connectivity index (χ1) is 14.9. The van der Waals surface area contributed by atoms with Gasteiger partial charge in [-0.3, -0.25) is 4.99 Å². The van der Waals surface area contributed by atoms with Crippen LogP contribution >= 0.6 is 0 Å². The van der Waals surface area contributed by atoms with Gasteiger partial charge in [0.25, 0.3) is 0 Å². The maximum atomic E-state index is 6.31. The molecule has 1 aromatic heterocycles. The molecule has 0 unspecified atom stereocenters. The molecular weight excluding hydrogens is 394 g/mol. The molecule has 2 atom stereocenters. The molecule has 32 heavy (non-hydrogen) atoms. The molecule has 0 radical (unpaired) electrons. The number of imidazole rings is 1. The molecule has 1 aromatic carbocycles. The molecule has 0 bridgehead atoms. The molecule has 0 fully saturated rings. The Kier molecular flexibility index (Phi) is 6.74. The number of rotatable bonds is 2. The summed E-state index contributed by atoms with van der Waals surface area (Å²) in [6.45, 7) is 12.6. The van der Waals surface area contributed by atoms with Crippen LogP contribution in [0.15, 0.2) is 47.2 Å². The average Bonchev–Trinajstić information content (AvgIpc) is 3.38. The fraction of sp³-hybridized carbons (Fsp3) is 0.407. The zero-order chi connectivity index (χ0) is 23.5. The maximum Gasteiger partial charge on any atom is 0.124 e. The molecule has 0 saturated carbocycles. The van der Waals surface area contributed by atoms with E-state index in [-0.39, 0.29) is 22.9 Å². The van der Waals surface area contributed by atoms with E-state index in [2.05, 4.69) is 80.2 Å². The first-order valence-electron chi connectivity index (χ1n) is 10.9. The van der Waals surface area contributed by atoms with Crippen molar-refractivity contribution in [3.8, 4) is 23.7 Å². The van der Waals surface area contributed by atoms with Crippen molar-refractivity contribution in [1.29, 1.82) is 0 Å². The van der Waals surface area contributed by atoms with Gasteiger partial charge in [0.15, 0.2) is 0 Å². The third-order valence-corrected chi connectivity index (χ3v) is 5.47. The van der Waals surface area contributed by atoms with Crippen LogP contribution in [0, 0.1) is 34.5 Å². The highest BCUT2D eigenvalue weighted by Crippen LogP contribution is 2.28. The molecule has 5 N–H and O–H groups in total. The second kappa shape index (κ2) is 9.17. The topological polar surface area (TPSA) is 93.1 Å². The van der Waals surface area contributed by atoms with Crippen LogP contribution in [0.5, 0.6) is 0 Å². The number of aliphatic imine (C=N–C) groups is 1. The fourth-order valence-corrected chi connectivity index (χ4v) is 3.11. The Labute approximate surface area is 191 Å². The molecule has 2 aromatic rings. The second-order valence-electron chi connectivity index (χ2n) is 10.4. The summed E-state index contributed by atoms with van der Waals surface area (Å²) in [5.74, 6) is 13.4. The van der Waals surface area contributed by atoms with E-state index in [1.807, 2.05) is 30.5 Å². The van der Waals surface area contributed by atoms with Crippen molar-refractivity contribution in [3.63, 3.8) is 0 Å². The Balaban J connectivity index is 1.61. The van der Waals surface area contributed by atoms with Crippen LogP contribution in [0.25, 0.3) is 0 Å². The van der Waals surface area contributed by atoms with Crippen LogP contribution in [0.3, 0.4) is 0 Å². The van der Waals surface area contributed by atoms with Crippen LogP contribution in [0.4, 0.5) is 0 Å². The van der Waals surface area contributed by atoms with Gasteiger partial charge in [0.2, 0.25) is 0 Å². The number of nitrogens with one attached hydrogen (secondary N) is 1. The van der Waals surface area contributed by atoms with Crippen molar-refractivity contribution in [2.45, 2.75) is 60.0 Å². The van der Waals surface area contributed by atoms with E-state index in [0.717, 1.165) is 40.4 Å². The highest BCUT2D eigenvalue weighted by atomic mass is 15.0. The van der Waals surface area contributed by atoms with Gasteiger partial charge in [0, 0.05) is 41.1 Å². The lowest BCUT2D eigenvalue weighted by Gasteiger charge is -2.27. The third kappa shape index (κ3) is 5.98. The summed E-state index contributed by atoms with van der Waals surface area (Å²) in [6, 6.07) is 7.65. The molecule has 0 saturated heterocycles. The number of nitrogens with zero attached hydrogens (tertiary/aromatic N) is 2. The van der Waals surface area contributed by atoms with E-state index in [4.69, 9.17) is 11.5 Å². The minimum absolute atomic E-state index is 0.0111. The molecule has 3 rings (SSSR count). The molecule has 2 heterocycles. The molecule has 1 aliphatic heterocycles. The lowest BCUT2D eigenvalue weighted by Crippen LogP contribution is -2.41. The van der Waals surface area contributed by atoms with Gasteiger partial charge in [-0.1, -0.05) is 59.3 Å². The zero-order valence-electron chi connectivity index (χ0n) is 19.9. The zero-order valence-corrected chi connectivity index (χ0v) is 19.9. The molecule has 5 nitrogen and oxygen atoms in total. The normalized spacial score (nSPS) is 15.6. The van der Waals surface area contributed by atoms with Gasteiger partial charge in [-0.2, -0.15) is 0 Å². The maximum absolute atomic E-state index is 6.31. The Bertz CT molecular complexity index is 1140. The van der Waals surface area contributed by atoms with E-state index in [9.17, 15) is 0 Å². The predicted molar refractivity (Wildman–Crippen MR) is 132 cm³/mol. The fourth-order valence-electron chi connectivity index (χ4n) is 3.11. The van der Waals surface area contributed by atoms with E-state index < -0.39 is 0 Å². The van der Waals surface area contributed by atoms with E-state index in [0.29, 0.717) is 0 Å². The summed E-state index contributed by atoms with van der Waals surface area (Å²) >= 11 is 0. The monoisotopic (exact) mass is 427 g/mol. The van der Waals surface area contributed by atoms with Gasteiger partial charge in [-0.25, -0.2) is 4.98 Å². The van der Waals surface area contributed by atoms with E-state index in [1.54, 1.807) is 6.20 Å². The summed E-state index contributed by atoms with van der Waals surface area (Å²) in [6.07, 6.45) is 4.28. The van der Waals surface area contributed by atoms with Crippen LogP contribution in [0.2, 0.25) is 0 Å². The summed E-state index contributed by atoms with van der Waals surface area (Å²) in [7, 11) is 0. The number of hydrogen-bond acceptors (Lipinski definition) is 4. The third-order valence-electron chi connectivity index (χ3n) is 5.47. The van der Waals surface area contributed by atoms with Gasteiger partial charge in [-0.15, -0.1) is 0 Å². The largest absolute Gasteiger partial charge is 0.334 e. The lowest BCUT2D eigenvalue weighted by atomic mass is 9.83. The van der Waals surface area contributed by atoms with Crippen molar-refractivity contribution < 1.29 is 0 Å². The Morgan fingerprint density at radius 3 is 1.97 bits per heavy atom. The molecule has 166 valence electrons.